The Kier molecular flexibility index (Phi) is 7.54. The van der Waals surface area contributed by atoms with Crippen LogP contribution in [0, 0.1) is 5.92 Å². The van der Waals surface area contributed by atoms with Crippen LogP contribution >= 0.6 is 0 Å². The van der Waals surface area contributed by atoms with Gasteiger partial charge in [-0.1, -0.05) is 79.9 Å². The van der Waals surface area contributed by atoms with E-state index in [1.54, 1.807) is 60.7 Å². The summed E-state index contributed by atoms with van der Waals surface area (Å²) in [5, 5.41) is 0. The Morgan fingerprint density at radius 2 is 1.29 bits per heavy atom. The van der Waals surface area contributed by atoms with Gasteiger partial charge < -0.3 is 4.55 Å². The highest BCUT2D eigenvalue weighted by Crippen LogP contribution is 2.71. The molecule has 0 spiro atoms. The van der Waals surface area contributed by atoms with E-state index >= 15 is 17.6 Å². The van der Waals surface area contributed by atoms with Crippen LogP contribution in [0.4, 0.5) is 17.6 Å². The fourth-order valence-electron chi connectivity index (χ4n) is 8.03. The van der Waals surface area contributed by atoms with Crippen molar-refractivity contribution < 1.29 is 30.5 Å². The summed E-state index contributed by atoms with van der Waals surface area (Å²) in [7, 11) is -7.36. The molecule has 3 saturated carbocycles. The third-order valence-electron chi connectivity index (χ3n) is 9.91. The van der Waals surface area contributed by atoms with Gasteiger partial charge in [-0.3, -0.25) is 0 Å². The van der Waals surface area contributed by atoms with Gasteiger partial charge in [0, 0.05) is 18.4 Å². The zero-order chi connectivity index (χ0) is 29.8. The molecule has 6 rings (SSSR count). The highest BCUT2D eigenvalue weighted by Gasteiger charge is 2.87. The van der Waals surface area contributed by atoms with Gasteiger partial charge >= 0.3 is 11.8 Å². The molecular formula is C33H34F4O3S2. The van der Waals surface area contributed by atoms with Gasteiger partial charge in [-0.25, -0.2) is 8.42 Å². The molecule has 42 heavy (non-hydrogen) atoms. The lowest BCUT2D eigenvalue weighted by molar-refractivity contribution is -0.240. The summed E-state index contributed by atoms with van der Waals surface area (Å²) >= 11 is 0. The van der Waals surface area contributed by atoms with Gasteiger partial charge in [-0.15, -0.1) is 0 Å². The number of fused-ring (bicyclic) bond motifs is 2. The zero-order valence-corrected chi connectivity index (χ0v) is 24.8. The van der Waals surface area contributed by atoms with Crippen LogP contribution < -0.4 is 0 Å². The minimum Gasteiger partial charge on any atom is -0.747 e. The lowest BCUT2D eigenvalue weighted by atomic mass is 9.77. The molecule has 0 aliphatic heterocycles. The van der Waals surface area contributed by atoms with Gasteiger partial charge in [0.15, 0.2) is 19.3 Å². The van der Waals surface area contributed by atoms with Gasteiger partial charge in [0.05, 0.1) is 10.9 Å². The summed E-state index contributed by atoms with van der Waals surface area (Å²) in [6, 6.07) is 22.1. The molecule has 0 saturated heterocycles. The molecule has 224 valence electrons. The largest absolute Gasteiger partial charge is 0.747 e. The molecule has 3 fully saturated rings. The molecule has 0 amide bonds. The molecule has 0 heterocycles. The van der Waals surface area contributed by atoms with Crippen LogP contribution in [0.1, 0.15) is 74.8 Å². The summed E-state index contributed by atoms with van der Waals surface area (Å²) in [5.41, 5.74) is -0.151. The van der Waals surface area contributed by atoms with Crippen molar-refractivity contribution in [2.45, 2.75) is 94.8 Å². The van der Waals surface area contributed by atoms with Crippen molar-refractivity contribution in [3.05, 3.63) is 96.1 Å². The highest BCUT2D eigenvalue weighted by atomic mass is 32.2. The molecule has 3 nitrogen and oxygen atoms in total. The summed E-state index contributed by atoms with van der Waals surface area (Å²) < 4.78 is 101. The molecule has 2 bridgehead atoms. The first kappa shape index (κ1) is 29.7. The van der Waals surface area contributed by atoms with E-state index < -0.39 is 60.3 Å². The van der Waals surface area contributed by atoms with E-state index in [0.29, 0.717) is 16.2 Å². The van der Waals surface area contributed by atoms with Crippen LogP contribution in [0.25, 0.3) is 0 Å². The second kappa shape index (κ2) is 10.7. The van der Waals surface area contributed by atoms with Gasteiger partial charge in [0.1, 0.15) is 10.1 Å². The zero-order valence-electron chi connectivity index (χ0n) is 23.2. The van der Waals surface area contributed by atoms with Crippen molar-refractivity contribution in [2.24, 2.45) is 5.92 Å². The SMILES string of the molecule is O=S(=O)([O-])C1(C(F)(F)C(F)(F)c2ccc(C3CCCCC3)cc2)CC2CCC1([S+](c1ccccc1)c1ccccc1)C2. The van der Waals surface area contributed by atoms with Gasteiger partial charge in [0.2, 0.25) is 0 Å². The molecular weight excluding hydrogens is 584 g/mol. The Bertz CT molecular complexity index is 1470. The van der Waals surface area contributed by atoms with E-state index in [0.717, 1.165) is 49.8 Å². The average molecular weight is 619 g/mol. The summed E-state index contributed by atoms with van der Waals surface area (Å²) in [6.45, 7) is 0. The maximum Gasteiger partial charge on any atom is 0.337 e. The first-order valence-electron chi connectivity index (χ1n) is 14.6. The van der Waals surface area contributed by atoms with Crippen molar-refractivity contribution in [1.82, 2.24) is 0 Å². The van der Waals surface area contributed by atoms with Crippen LogP contribution in [0.15, 0.2) is 94.7 Å². The first-order valence-corrected chi connectivity index (χ1v) is 17.2. The summed E-state index contributed by atoms with van der Waals surface area (Å²) in [5.74, 6) is -10.5. The maximum atomic E-state index is 17.0. The molecule has 3 atom stereocenters. The Morgan fingerprint density at radius 3 is 1.79 bits per heavy atom. The Morgan fingerprint density at radius 1 is 0.738 bits per heavy atom. The van der Waals surface area contributed by atoms with E-state index in [4.69, 9.17) is 0 Å². The molecule has 9 heteroatoms. The molecule has 0 N–H and O–H groups in total. The molecule has 3 aliphatic carbocycles. The second-order valence-corrected chi connectivity index (χ2v) is 16.1. The third-order valence-corrected chi connectivity index (χ3v) is 14.7. The molecule has 3 aromatic rings. The number of halogens is 4. The monoisotopic (exact) mass is 618 g/mol. The molecule has 3 unspecified atom stereocenters. The second-order valence-electron chi connectivity index (χ2n) is 12.1. The minimum absolute atomic E-state index is 0.0341. The van der Waals surface area contributed by atoms with Crippen molar-refractivity contribution in [1.29, 1.82) is 0 Å². The Balaban J connectivity index is 1.51. The van der Waals surface area contributed by atoms with Crippen LogP contribution in [0.5, 0.6) is 0 Å². The topological polar surface area (TPSA) is 57.2 Å². The quantitative estimate of drug-likeness (QED) is 0.145. The number of rotatable bonds is 8. The van der Waals surface area contributed by atoms with Gasteiger partial charge in [-0.05, 0) is 67.3 Å². The number of alkyl halides is 4. The number of benzene rings is 3. The van der Waals surface area contributed by atoms with Crippen molar-refractivity contribution in [3.8, 4) is 0 Å². The van der Waals surface area contributed by atoms with E-state index in [2.05, 4.69) is 0 Å². The van der Waals surface area contributed by atoms with Crippen molar-refractivity contribution in [2.75, 3.05) is 0 Å². The van der Waals surface area contributed by atoms with Crippen LogP contribution in [0.3, 0.4) is 0 Å². The third kappa shape index (κ3) is 4.36. The standard InChI is InChI=1S/C33H34F4O3S2/c34-32(35,27-18-16-26(17-19-27)25-10-4-1-5-11-25)33(36,37)31(42(38,39)40)23-24-20-21-30(31,22-24)41(28-12-6-2-7-13-28)29-14-8-3-9-15-29/h2-3,6-9,12-19,24-25H,1,4-5,10-11,20-23H2. The van der Waals surface area contributed by atoms with Crippen LogP contribution in [0.2, 0.25) is 0 Å². The fourth-order valence-corrected chi connectivity index (χ4v) is 13.4. The van der Waals surface area contributed by atoms with E-state index in [9.17, 15) is 13.0 Å². The van der Waals surface area contributed by atoms with Crippen LogP contribution in [-0.4, -0.2) is 28.4 Å². The average Bonchev–Trinajstić information content (AvgIpc) is 3.57. The van der Waals surface area contributed by atoms with Crippen molar-refractivity contribution >= 4 is 21.0 Å². The molecule has 0 aromatic heterocycles. The Labute approximate surface area is 247 Å². The number of hydrogen-bond donors (Lipinski definition) is 0. The highest BCUT2D eigenvalue weighted by molar-refractivity contribution is 7.99. The fraction of sp³-hybridized carbons (Fsp3) is 0.455. The number of hydrogen-bond acceptors (Lipinski definition) is 3. The molecule has 3 aliphatic rings. The van der Waals surface area contributed by atoms with Gasteiger partial charge in [-0.2, -0.15) is 17.6 Å². The lowest BCUT2D eigenvalue weighted by Gasteiger charge is -2.51. The smallest absolute Gasteiger partial charge is 0.337 e. The van der Waals surface area contributed by atoms with E-state index in [1.165, 1.54) is 12.1 Å². The predicted octanol–water partition coefficient (Wildman–Crippen LogP) is 8.42. The van der Waals surface area contributed by atoms with E-state index in [1.807, 2.05) is 0 Å². The predicted molar refractivity (Wildman–Crippen MR) is 155 cm³/mol. The molecule has 0 radical (unpaired) electrons. The normalized spacial score (nSPS) is 27.0. The lowest BCUT2D eigenvalue weighted by Crippen LogP contribution is -2.72. The molecule has 3 aromatic carbocycles. The van der Waals surface area contributed by atoms with Gasteiger partial charge in [0.25, 0.3) is 0 Å². The maximum absolute atomic E-state index is 17.0. The summed E-state index contributed by atoms with van der Waals surface area (Å²) in [4.78, 5) is 1.10. The Hall–Kier alpha value is -2.36. The van der Waals surface area contributed by atoms with Crippen molar-refractivity contribution in [3.63, 3.8) is 0 Å². The first-order chi connectivity index (χ1) is 19.9. The summed E-state index contributed by atoms with van der Waals surface area (Å²) in [6.07, 6.45) is 4.51. The van der Waals surface area contributed by atoms with Crippen LogP contribution in [-0.2, 0) is 26.9 Å². The van der Waals surface area contributed by atoms with E-state index in [-0.39, 0.29) is 18.8 Å². The minimum atomic E-state index is -5.96.